The molecule has 1 unspecified atom stereocenters. The molecule has 1 amide bonds. The number of amides is 1. The predicted octanol–water partition coefficient (Wildman–Crippen LogP) is 5.31. The average molecular weight is 452 g/mol. The highest BCUT2D eigenvalue weighted by Crippen LogP contribution is 2.27. The number of carboxylic acids is 1. The van der Waals surface area contributed by atoms with Crippen molar-refractivity contribution < 1.29 is 14.7 Å². The van der Waals surface area contributed by atoms with Crippen LogP contribution in [-0.4, -0.2) is 27.3 Å². The van der Waals surface area contributed by atoms with Crippen molar-refractivity contribution in [3.05, 3.63) is 84.4 Å². The molecule has 3 rings (SSSR count). The van der Waals surface area contributed by atoms with Gasteiger partial charge in [0.2, 0.25) is 5.91 Å². The Morgan fingerprint density at radius 2 is 1.45 bits per heavy atom. The van der Waals surface area contributed by atoms with Gasteiger partial charge in [-0.25, -0.2) is 4.79 Å². The first-order chi connectivity index (χ1) is 14.9. The Bertz CT molecular complexity index is 1070. The van der Waals surface area contributed by atoms with Crippen LogP contribution >= 0.6 is 24.0 Å². The van der Waals surface area contributed by atoms with E-state index in [-0.39, 0.29) is 16.7 Å². The van der Waals surface area contributed by atoms with Gasteiger partial charge in [0.05, 0.1) is 10.8 Å². The van der Waals surface area contributed by atoms with E-state index in [1.165, 1.54) is 23.9 Å². The lowest BCUT2D eigenvalue weighted by Gasteiger charge is -2.14. The summed E-state index contributed by atoms with van der Waals surface area (Å²) in [5, 5.41) is 18.1. The molecule has 0 heterocycles. The first-order valence-electron chi connectivity index (χ1n) is 9.45. The van der Waals surface area contributed by atoms with E-state index in [4.69, 9.17) is 17.3 Å². The number of benzene rings is 3. The predicted molar refractivity (Wildman–Crippen MR) is 130 cm³/mol. The first-order valence-corrected chi connectivity index (χ1v) is 10.7. The molecule has 0 bridgehead atoms. The summed E-state index contributed by atoms with van der Waals surface area (Å²) in [4.78, 5) is 24.3. The van der Waals surface area contributed by atoms with Gasteiger partial charge in [0.1, 0.15) is 0 Å². The van der Waals surface area contributed by atoms with Crippen molar-refractivity contribution in [3.8, 4) is 0 Å². The first kappa shape index (κ1) is 22.3. The van der Waals surface area contributed by atoms with Crippen LogP contribution in [0.15, 0.2) is 83.8 Å². The summed E-state index contributed by atoms with van der Waals surface area (Å²) < 4.78 is 0. The van der Waals surface area contributed by atoms with Crippen molar-refractivity contribution in [3.63, 3.8) is 0 Å². The van der Waals surface area contributed by atoms with Gasteiger partial charge in [0.15, 0.2) is 5.11 Å². The van der Waals surface area contributed by atoms with Crippen LogP contribution < -0.4 is 16.0 Å². The number of hydrogen-bond donors (Lipinski definition) is 4. The van der Waals surface area contributed by atoms with Gasteiger partial charge in [-0.3, -0.25) is 4.79 Å². The van der Waals surface area contributed by atoms with Crippen molar-refractivity contribution >= 4 is 58.0 Å². The summed E-state index contributed by atoms with van der Waals surface area (Å²) in [5.74, 6) is -1.18. The van der Waals surface area contributed by atoms with Gasteiger partial charge in [-0.15, -0.1) is 11.8 Å². The zero-order valence-corrected chi connectivity index (χ0v) is 18.3. The third-order valence-corrected chi connectivity index (χ3v) is 5.50. The van der Waals surface area contributed by atoms with Crippen LogP contribution in [-0.2, 0) is 4.79 Å². The topological polar surface area (TPSA) is 90.5 Å². The number of thioether (sulfide) groups is 1. The smallest absolute Gasteiger partial charge is 0.335 e. The molecule has 0 spiro atoms. The summed E-state index contributed by atoms with van der Waals surface area (Å²) in [6.45, 7) is 1.81. The number of thiocarbonyl (C=S) groups is 1. The zero-order valence-electron chi connectivity index (χ0n) is 16.7. The molecule has 0 aliphatic rings. The summed E-state index contributed by atoms with van der Waals surface area (Å²) in [6.07, 6.45) is 0. The Hall–Kier alpha value is -3.36. The molecule has 0 saturated carbocycles. The maximum Gasteiger partial charge on any atom is 0.335 e. The van der Waals surface area contributed by atoms with E-state index >= 15 is 0 Å². The van der Waals surface area contributed by atoms with Gasteiger partial charge >= 0.3 is 5.97 Å². The average Bonchev–Trinajstić information content (AvgIpc) is 2.75. The lowest BCUT2D eigenvalue weighted by Crippen LogP contribution is -2.22. The zero-order chi connectivity index (χ0) is 22.2. The van der Waals surface area contributed by atoms with Gasteiger partial charge in [0.25, 0.3) is 0 Å². The summed E-state index contributed by atoms with van der Waals surface area (Å²) in [6, 6.07) is 23.3. The van der Waals surface area contributed by atoms with Gasteiger partial charge < -0.3 is 21.1 Å². The van der Waals surface area contributed by atoms with Crippen LogP contribution in [0.4, 0.5) is 17.1 Å². The number of nitrogens with one attached hydrogen (secondary N) is 3. The highest BCUT2D eigenvalue weighted by molar-refractivity contribution is 8.00. The molecule has 0 aliphatic heterocycles. The number of rotatable bonds is 7. The fraction of sp³-hybridized carbons (Fsp3) is 0.0870. The van der Waals surface area contributed by atoms with Crippen LogP contribution in [0.3, 0.4) is 0 Å². The van der Waals surface area contributed by atoms with Crippen molar-refractivity contribution in [2.24, 2.45) is 0 Å². The number of carbonyl (C=O) groups is 2. The number of hydrogen-bond acceptors (Lipinski definition) is 4. The molecule has 0 fully saturated rings. The maximum absolute atomic E-state index is 12.5. The van der Waals surface area contributed by atoms with Crippen LogP contribution in [0.5, 0.6) is 0 Å². The second-order valence-electron chi connectivity index (χ2n) is 6.60. The quantitative estimate of drug-likeness (QED) is 0.286. The summed E-state index contributed by atoms with van der Waals surface area (Å²) in [5.41, 5.74) is 2.43. The standard InChI is InChI=1S/C23H21N3O3S2/c1-15(21(27)24-18-12-10-16(11-13-18)22(28)29)31-20-9-5-8-19(14-20)26-23(30)25-17-6-3-2-4-7-17/h2-15H,1H3,(H,24,27)(H,28,29)(H2,25,26,30). The highest BCUT2D eigenvalue weighted by Gasteiger charge is 2.15. The van der Waals surface area contributed by atoms with E-state index in [1.54, 1.807) is 12.1 Å². The largest absolute Gasteiger partial charge is 0.478 e. The van der Waals surface area contributed by atoms with Crippen LogP contribution in [0, 0.1) is 0 Å². The van der Waals surface area contributed by atoms with Crippen molar-refractivity contribution in [2.75, 3.05) is 16.0 Å². The lowest BCUT2D eigenvalue weighted by atomic mass is 10.2. The molecular weight excluding hydrogens is 430 g/mol. The van der Waals surface area contributed by atoms with Gasteiger partial charge in [-0.2, -0.15) is 0 Å². The number of carboxylic acid groups (broad SMARTS) is 1. The molecule has 0 aliphatic carbocycles. The van der Waals surface area contributed by atoms with E-state index < -0.39 is 5.97 Å². The van der Waals surface area contributed by atoms with E-state index in [9.17, 15) is 9.59 Å². The molecule has 0 radical (unpaired) electrons. The van der Waals surface area contributed by atoms with Gasteiger partial charge in [-0.1, -0.05) is 24.3 Å². The normalized spacial score (nSPS) is 11.3. The minimum atomic E-state index is -1.01. The molecule has 3 aromatic carbocycles. The fourth-order valence-corrected chi connectivity index (χ4v) is 3.82. The lowest BCUT2D eigenvalue weighted by molar-refractivity contribution is -0.115. The summed E-state index contributed by atoms with van der Waals surface area (Å²) >= 11 is 6.77. The molecule has 0 saturated heterocycles. The number of carbonyl (C=O) groups excluding carboxylic acids is 1. The van der Waals surface area contributed by atoms with Gasteiger partial charge in [-0.05, 0) is 73.7 Å². The molecule has 0 aromatic heterocycles. The molecular formula is C23H21N3O3S2. The highest BCUT2D eigenvalue weighted by atomic mass is 32.2. The van der Waals surface area contributed by atoms with Crippen LogP contribution in [0.1, 0.15) is 17.3 Å². The Morgan fingerprint density at radius 3 is 2.13 bits per heavy atom. The monoisotopic (exact) mass is 451 g/mol. The van der Waals surface area contributed by atoms with E-state index in [1.807, 2.05) is 61.5 Å². The minimum absolute atomic E-state index is 0.171. The molecule has 31 heavy (non-hydrogen) atoms. The fourth-order valence-electron chi connectivity index (χ4n) is 2.66. The number of aromatic carboxylic acids is 1. The van der Waals surface area contributed by atoms with E-state index in [0.29, 0.717) is 10.8 Å². The SMILES string of the molecule is CC(Sc1cccc(NC(=S)Nc2ccccc2)c1)C(=O)Nc1ccc(C(=O)O)cc1. The molecule has 1 atom stereocenters. The Balaban J connectivity index is 1.56. The van der Waals surface area contributed by atoms with Crippen molar-refractivity contribution in [2.45, 2.75) is 17.1 Å². The van der Waals surface area contributed by atoms with Gasteiger partial charge in [0, 0.05) is 22.0 Å². The Labute approximate surface area is 190 Å². The third-order valence-electron chi connectivity index (χ3n) is 4.21. The summed E-state index contributed by atoms with van der Waals surface area (Å²) in [7, 11) is 0. The maximum atomic E-state index is 12.5. The van der Waals surface area contributed by atoms with Crippen molar-refractivity contribution in [1.29, 1.82) is 0 Å². The minimum Gasteiger partial charge on any atom is -0.478 e. The molecule has 8 heteroatoms. The molecule has 4 N–H and O–H groups in total. The second-order valence-corrected chi connectivity index (χ2v) is 8.43. The number of anilines is 3. The van der Waals surface area contributed by atoms with E-state index in [0.717, 1.165) is 16.3 Å². The molecule has 158 valence electrons. The third kappa shape index (κ3) is 6.84. The van der Waals surface area contributed by atoms with E-state index in [2.05, 4.69) is 16.0 Å². The Morgan fingerprint density at radius 1 is 0.839 bits per heavy atom. The Kier molecular flexibility index (Phi) is 7.64. The van der Waals surface area contributed by atoms with Crippen molar-refractivity contribution in [1.82, 2.24) is 0 Å². The molecule has 3 aromatic rings. The molecule has 6 nitrogen and oxygen atoms in total. The van der Waals surface area contributed by atoms with Crippen LogP contribution in [0.2, 0.25) is 0 Å². The second kappa shape index (κ2) is 10.6. The van der Waals surface area contributed by atoms with Crippen LogP contribution in [0.25, 0.3) is 0 Å². The number of para-hydroxylation sites is 1.